The molecule has 23 heavy (non-hydrogen) atoms. The Morgan fingerprint density at radius 2 is 2.04 bits per heavy atom. The molecule has 0 bridgehead atoms. The number of hydrogen-bond acceptors (Lipinski definition) is 5. The van der Waals surface area contributed by atoms with Gasteiger partial charge in [0.1, 0.15) is 18.2 Å². The minimum absolute atomic E-state index is 0.143. The number of rotatable bonds is 6. The standard InChI is InChI=1S/C17H27NO5/c1-6-8-10-22-15(19)14-11-13(21-9-7-2)12-18(14)16(20)23-17(3,4)5/h2,13-14H,6,8-12H2,1,3-5H3/t13-,14+/m1/s1. The van der Waals surface area contributed by atoms with E-state index in [9.17, 15) is 9.59 Å². The highest BCUT2D eigenvalue weighted by Crippen LogP contribution is 2.24. The van der Waals surface area contributed by atoms with E-state index in [0.717, 1.165) is 12.8 Å². The van der Waals surface area contributed by atoms with Crippen LogP contribution in [0.2, 0.25) is 0 Å². The Kier molecular flexibility index (Phi) is 7.37. The first-order chi connectivity index (χ1) is 10.8. The molecule has 2 atom stereocenters. The molecule has 0 saturated carbocycles. The Morgan fingerprint density at radius 1 is 1.35 bits per heavy atom. The van der Waals surface area contributed by atoms with Gasteiger partial charge in [-0.05, 0) is 27.2 Å². The van der Waals surface area contributed by atoms with E-state index in [2.05, 4.69) is 5.92 Å². The number of unbranched alkanes of at least 4 members (excludes halogenated alkanes) is 1. The largest absolute Gasteiger partial charge is 0.464 e. The van der Waals surface area contributed by atoms with Gasteiger partial charge in [0.05, 0.1) is 19.3 Å². The van der Waals surface area contributed by atoms with Gasteiger partial charge in [-0.1, -0.05) is 19.3 Å². The van der Waals surface area contributed by atoms with Crippen LogP contribution in [0.5, 0.6) is 0 Å². The molecule has 0 aromatic carbocycles. The lowest BCUT2D eigenvalue weighted by Crippen LogP contribution is -2.44. The van der Waals surface area contributed by atoms with Gasteiger partial charge in [-0.2, -0.15) is 0 Å². The molecule has 1 heterocycles. The average molecular weight is 325 g/mol. The van der Waals surface area contributed by atoms with Gasteiger partial charge in [0, 0.05) is 6.42 Å². The molecule has 6 nitrogen and oxygen atoms in total. The predicted octanol–water partition coefficient (Wildman–Crippen LogP) is 2.36. The van der Waals surface area contributed by atoms with Crippen LogP contribution in [0.1, 0.15) is 47.0 Å². The maximum atomic E-state index is 12.3. The molecule has 0 radical (unpaired) electrons. The zero-order valence-electron chi connectivity index (χ0n) is 14.5. The van der Waals surface area contributed by atoms with Crippen molar-refractivity contribution in [2.75, 3.05) is 19.8 Å². The smallest absolute Gasteiger partial charge is 0.411 e. The highest BCUT2D eigenvalue weighted by molar-refractivity contribution is 5.82. The second kappa shape index (κ2) is 8.78. The summed E-state index contributed by atoms with van der Waals surface area (Å²) in [5.41, 5.74) is -0.633. The molecule has 6 heteroatoms. The van der Waals surface area contributed by atoms with E-state index in [1.807, 2.05) is 6.92 Å². The summed E-state index contributed by atoms with van der Waals surface area (Å²) in [5, 5.41) is 0. The van der Waals surface area contributed by atoms with Crippen molar-refractivity contribution in [2.45, 2.75) is 64.7 Å². The van der Waals surface area contributed by atoms with Gasteiger partial charge in [0.2, 0.25) is 0 Å². The van der Waals surface area contributed by atoms with Crippen molar-refractivity contribution in [1.29, 1.82) is 0 Å². The lowest BCUT2D eigenvalue weighted by atomic mass is 10.2. The highest BCUT2D eigenvalue weighted by atomic mass is 16.6. The summed E-state index contributed by atoms with van der Waals surface area (Å²) in [7, 11) is 0. The third-order valence-corrected chi connectivity index (χ3v) is 3.31. The number of likely N-dealkylation sites (tertiary alicyclic amines) is 1. The molecule has 0 spiro atoms. The second-order valence-corrected chi connectivity index (χ2v) is 6.54. The molecule has 1 rings (SSSR count). The van der Waals surface area contributed by atoms with E-state index in [4.69, 9.17) is 20.6 Å². The zero-order chi connectivity index (χ0) is 17.5. The number of terminal acetylenes is 1. The molecular formula is C17H27NO5. The molecule has 0 unspecified atom stereocenters. The molecule has 1 saturated heterocycles. The topological polar surface area (TPSA) is 65.1 Å². The Balaban J connectivity index is 2.74. The summed E-state index contributed by atoms with van der Waals surface area (Å²) >= 11 is 0. The Labute approximate surface area is 138 Å². The van der Waals surface area contributed by atoms with Gasteiger partial charge in [0.15, 0.2) is 0 Å². The van der Waals surface area contributed by atoms with E-state index in [0.29, 0.717) is 13.0 Å². The van der Waals surface area contributed by atoms with E-state index in [-0.39, 0.29) is 19.3 Å². The number of carbonyl (C=O) groups excluding carboxylic acids is 2. The van der Waals surface area contributed by atoms with Crippen LogP contribution >= 0.6 is 0 Å². The van der Waals surface area contributed by atoms with E-state index in [1.165, 1.54) is 4.90 Å². The first kappa shape index (κ1) is 19.3. The van der Waals surface area contributed by atoms with Crippen LogP contribution in [0.15, 0.2) is 0 Å². The van der Waals surface area contributed by atoms with E-state index >= 15 is 0 Å². The van der Waals surface area contributed by atoms with Crippen molar-refractivity contribution in [3.8, 4) is 12.3 Å². The third kappa shape index (κ3) is 6.49. The fourth-order valence-electron chi connectivity index (χ4n) is 2.24. The summed E-state index contributed by atoms with van der Waals surface area (Å²) in [6, 6.07) is -0.690. The SMILES string of the molecule is C#CCO[C@@H]1C[C@@H](C(=O)OCCCC)N(C(=O)OC(C)(C)C)C1. The zero-order valence-corrected chi connectivity index (χ0v) is 14.5. The number of esters is 1. The molecule has 0 aromatic rings. The number of carbonyl (C=O) groups is 2. The van der Waals surface area contributed by atoms with Crippen molar-refractivity contribution in [2.24, 2.45) is 0 Å². The molecule has 0 aromatic heterocycles. The Hall–Kier alpha value is -1.74. The van der Waals surface area contributed by atoms with E-state index < -0.39 is 23.7 Å². The van der Waals surface area contributed by atoms with Crippen LogP contribution in [0.25, 0.3) is 0 Å². The van der Waals surface area contributed by atoms with Crippen LogP contribution in [0, 0.1) is 12.3 Å². The molecule has 1 aliphatic rings. The fourth-order valence-corrected chi connectivity index (χ4v) is 2.24. The quantitative estimate of drug-likeness (QED) is 0.426. The summed E-state index contributed by atoms with van der Waals surface area (Å²) in [5.74, 6) is 1.97. The molecule has 0 aliphatic carbocycles. The van der Waals surface area contributed by atoms with Crippen LogP contribution in [0.3, 0.4) is 0 Å². The van der Waals surface area contributed by atoms with Gasteiger partial charge < -0.3 is 14.2 Å². The van der Waals surface area contributed by atoms with E-state index in [1.54, 1.807) is 20.8 Å². The van der Waals surface area contributed by atoms with Crippen LogP contribution in [0.4, 0.5) is 4.79 Å². The number of amides is 1. The lowest BCUT2D eigenvalue weighted by molar-refractivity contribution is -0.149. The van der Waals surface area contributed by atoms with Crippen molar-refractivity contribution in [3.63, 3.8) is 0 Å². The van der Waals surface area contributed by atoms with Crippen molar-refractivity contribution in [1.82, 2.24) is 4.90 Å². The van der Waals surface area contributed by atoms with Gasteiger partial charge >= 0.3 is 12.1 Å². The van der Waals surface area contributed by atoms with Crippen LogP contribution in [-0.2, 0) is 19.0 Å². The van der Waals surface area contributed by atoms with Crippen molar-refractivity contribution >= 4 is 12.1 Å². The first-order valence-corrected chi connectivity index (χ1v) is 7.99. The molecule has 1 aliphatic heterocycles. The monoisotopic (exact) mass is 325 g/mol. The van der Waals surface area contributed by atoms with Crippen molar-refractivity contribution < 1.29 is 23.8 Å². The molecule has 1 amide bonds. The van der Waals surface area contributed by atoms with Crippen LogP contribution < -0.4 is 0 Å². The molecule has 1 fully saturated rings. The number of nitrogens with zero attached hydrogens (tertiary/aromatic N) is 1. The number of hydrogen-bond donors (Lipinski definition) is 0. The average Bonchev–Trinajstić information content (AvgIpc) is 2.88. The van der Waals surface area contributed by atoms with Gasteiger partial charge in [-0.15, -0.1) is 6.42 Å². The predicted molar refractivity (Wildman–Crippen MR) is 85.8 cm³/mol. The summed E-state index contributed by atoms with van der Waals surface area (Å²) in [6.07, 6.45) is 6.45. The molecular weight excluding hydrogens is 298 g/mol. The second-order valence-electron chi connectivity index (χ2n) is 6.54. The lowest BCUT2D eigenvalue weighted by Gasteiger charge is -2.27. The molecule has 130 valence electrons. The maximum absolute atomic E-state index is 12.3. The number of ether oxygens (including phenoxy) is 3. The minimum Gasteiger partial charge on any atom is -0.464 e. The minimum atomic E-state index is -0.690. The first-order valence-electron chi connectivity index (χ1n) is 7.99. The normalized spacial score (nSPS) is 20.9. The van der Waals surface area contributed by atoms with Crippen molar-refractivity contribution in [3.05, 3.63) is 0 Å². The summed E-state index contributed by atoms with van der Waals surface area (Å²) < 4.78 is 16.1. The van der Waals surface area contributed by atoms with Gasteiger partial charge in [-0.3, -0.25) is 4.90 Å². The van der Waals surface area contributed by atoms with Gasteiger partial charge in [-0.25, -0.2) is 9.59 Å². The summed E-state index contributed by atoms with van der Waals surface area (Å²) in [4.78, 5) is 26.0. The Morgan fingerprint density at radius 3 is 2.61 bits per heavy atom. The fraction of sp³-hybridized carbons (Fsp3) is 0.765. The Bertz CT molecular complexity index is 449. The highest BCUT2D eigenvalue weighted by Gasteiger charge is 2.42. The molecule has 0 N–H and O–H groups in total. The maximum Gasteiger partial charge on any atom is 0.411 e. The van der Waals surface area contributed by atoms with Crippen LogP contribution in [-0.4, -0.2) is 54.5 Å². The summed E-state index contributed by atoms with van der Waals surface area (Å²) in [6.45, 7) is 8.12. The third-order valence-electron chi connectivity index (χ3n) is 3.31. The van der Waals surface area contributed by atoms with Gasteiger partial charge in [0.25, 0.3) is 0 Å².